The van der Waals surface area contributed by atoms with Gasteiger partial charge in [0.05, 0.1) is 11.4 Å². The van der Waals surface area contributed by atoms with Gasteiger partial charge in [0.25, 0.3) is 5.56 Å². The minimum absolute atomic E-state index is 0.0758. The summed E-state index contributed by atoms with van der Waals surface area (Å²) in [5, 5.41) is 3.12. The molecule has 4 rings (SSSR count). The number of thioether (sulfide) groups is 1. The number of amides is 1. The van der Waals surface area contributed by atoms with E-state index in [0.29, 0.717) is 11.4 Å². The summed E-state index contributed by atoms with van der Waals surface area (Å²) in [5.41, 5.74) is 3.16. The molecule has 1 aromatic carbocycles. The molecule has 0 unspecified atom stereocenters. The normalized spacial score (nSPS) is 14.8. The molecule has 2 aromatic heterocycles. The van der Waals surface area contributed by atoms with Crippen molar-refractivity contribution in [3.63, 3.8) is 0 Å². The molecule has 1 N–H and O–H groups in total. The number of hydrogen-bond acceptors (Lipinski definition) is 4. The summed E-state index contributed by atoms with van der Waals surface area (Å²) in [5.74, 6) is 0.804. The van der Waals surface area contributed by atoms with Gasteiger partial charge in [-0.2, -0.15) is 0 Å². The molecule has 1 fully saturated rings. The number of rotatable bonds is 5. The van der Waals surface area contributed by atoms with Gasteiger partial charge in [-0.05, 0) is 43.5 Å². The number of nitrogens with zero attached hydrogens (tertiary/aromatic N) is 2. The summed E-state index contributed by atoms with van der Waals surface area (Å²) in [6, 6.07) is 13.2. The highest BCUT2D eigenvalue weighted by atomic mass is 32.2. The molecule has 29 heavy (non-hydrogen) atoms. The first-order valence-corrected chi connectivity index (χ1v) is 11.1. The molecule has 3 aromatic rings. The predicted molar refractivity (Wildman–Crippen MR) is 117 cm³/mol. The standard InChI is InChI=1S/C23H25N3O2S/c1-16-8-7-13-26-21(27)14-18(24-22(16)26)15-29-20-12-6-5-11-19(20)25-23(28)17-9-3-2-4-10-17/h5-8,11-14,17H,2-4,9-10,15H2,1H3,(H,25,28). The number of aromatic nitrogens is 2. The van der Waals surface area contributed by atoms with E-state index >= 15 is 0 Å². The van der Waals surface area contributed by atoms with E-state index in [-0.39, 0.29) is 17.4 Å². The third-order valence-corrected chi connectivity index (χ3v) is 6.54. The summed E-state index contributed by atoms with van der Waals surface area (Å²) in [6.45, 7) is 1.95. The number of benzene rings is 1. The summed E-state index contributed by atoms with van der Waals surface area (Å²) < 4.78 is 1.57. The number of aryl methyl sites for hydroxylation is 1. The fourth-order valence-electron chi connectivity index (χ4n) is 3.83. The van der Waals surface area contributed by atoms with Gasteiger partial charge in [0.1, 0.15) is 5.65 Å². The number of fused-ring (bicyclic) bond motifs is 1. The molecule has 1 amide bonds. The monoisotopic (exact) mass is 407 g/mol. The Labute approximate surface area is 174 Å². The molecule has 2 heterocycles. The number of carbonyl (C=O) groups is 1. The van der Waals surface area contributed by atoms with Crippen molar-refractivity contribution in [3.05, 3.63) is 70.3 Å². The lowest BCUT2D eigenvalue weighted by molar-refractivity contribution is -0.120. The Morgan fingerprint density at radius 2 is 1.97 bits per heavy atom. The summed E-state index contributed by atoms with van der Waals surface area (Å²) in [4.78, 5) is 30.7. The number of para-hydroxylation sites is 1. The quantitative estimate of drug-likeness (QED) is 0.616. The zero-order valence-corrected chi connectivity index (χ0v) is 17.4. The number of anilines is 1. The number of hydrogen-bond donors (Lipinski definition) is 1. The lowest BCUT2D eigenvalue weighted by Gasteiger charge is -2.21. The van der Waals surface area contributed by atoms with Crippen LogP contribution < -0.4 is 10.9 Å². The van der Waals surface area contributed by atoms with Crippen LogP contribution in [0.4, 0.5) is 5.69 Å². The molecule has 0 bridgehead atoms. The first kappa shape index (κ1) is 19.7. The van der Waals surface area contributed by atoms with Gasteiger partial charge in [-0.3, -0.25) is 14.0 Å². The van der Waals surface area contributed by atoms with Crippen molar-refractivity contribution in [2.75, 3.05) is 5.32 Å². The average molecular weight is 408 g/mol. The Kier molecular flexibility index (Phi) is 6.00. The van der Waals surface area contributed by atoms with Gasteiger partial charge in [-0.15, -0.1) is 11.8 Å². The van der Waals surface area contributed by atoms with Gasteiger partial charge in [0.2, 0.25) is 5.91 Å². The van der Waals surface area contributed by atoms with Gasteiger partial charge >= 0.3 is 0 Å². The maximum absolute atomic E-state index is 12.6. The topological polar surface area (TPSA) is 63.5 Å². The molecule has 0 radical (unpaired) electrons. The summed E-state index contributed by atoms with van der Waals surface area (Å²) >= 11 is 1.59. The molecule has 0 aliphatic heterocycles. The van der Waals surface area contributed by atoms with Gasteiger partial charge in [0, 0.05) is 28.8 Å². The molecule has 0 saturated heterocycles. The second-order valence-corrected chi connectivity index (χ2v) is 8.60. The van der Waals surface area contributed by atoms with Crippen LogP contribution in [0.1, 0.15) is 43.4 Å². The van der Waals surface area contributed by atoms with E-state index in [0.717, 1.165) is 47.5 Å². The van der Waals surface area contributed by atoms with E-state index in [4.69, 9.17) is 0 Å². The Morgan fingerprint density at radius 1 is 1.17 bits per heavy atom. The van der Waals surface area contributed by atoms with Crippen LogP contribution in [-0.2, 0) is 10.5 Å². The summed E-state index contributed by atoms with van der Waals surface area (Å²) in [6.07, 6.45) is 7.20. The van der Waals surface area contributed by atoms with Crippen molar-refractivity contribution < 1.29 is 4.79 Å². The Hall–Kier alpha value is -2.60. The fourth-order valence-corrected chi connectivity index (χ4v) is 4.73. The molecule has 150 valence electrons. The molecule has 0 atom stereocenters. The highest BCUT2D eigenvalue weighted by molar-refractivity contribution is 7.98. The third kappa shape index (κ3) is 4.53. The van der Waals surface area contributed by atoms with Crippen LogP contribution in [0.5, 0.6) is 0 Å². The van der Waals surface area contributed by atoms with Gasteiger partial charge in [0.15, 0.2) is 0 Å². The minimum Gasteiger partial charge on any atom is -0.325 e. The van der Waals surface area contributed by atoms with Crippen LogP contribution in [-0.4, -0.2) is 15.3 Å². The van der Waals surface area contributed by atoms with Crippen molar-refractivity contribution in [1.29, 1.82) is 0 Å². The van der Waals surface area contributed by atoms with Crippen LogP contribution in [0.2, 0.25) is 0 Å². The van der Waals surface area contributed by atoms with Crippen LogP contribution in [0.15, 0.2) is 58.4 Å². The van der Waals surface area contributed by atoms with Crippen LogP contribution in [0.3, 0.4) is 0 Å². The van der Waals surface area contributed by atoms with Crippen molar-refractivity contribution in [3.8, 4) is 0 Å². The fraction of sp³-hybridized carbons (Fsp3) is 0.348. The maximum atomic E-state index is 12.6. The minimum atomic E-state index is -0.0758. The van der Waals surface area contributed by atoms with E-state index in [9.17, 15) is 9.59 Å². The first-order valence-electron chi connectivity index (χ1n) is 10.1. The zero-order valence-electron chi connectivity index (χ0n) is 16.6. The highest BCUT2D eigenvalue weighted by Gasteiger charge is 2.21. The van der Waals surface area contributed by atoms with Gasteiger partial charge in [-0.25, -0.2) is 4.98 Å². The van der Waals surface area contributed by atoms with Crippen molar-refractivity contribution >= 4 is 29.0 Å². The third-order valence-electron chi connectivity index (χ3n) is 5.44. The van der Waals surface area contributed by atoms with Crippen molar-refractivity contribution in [2.24, 2.45) is 5.92 Å². The second-order valence-electron chi connectivity index (χ2n) is 7.58. The average Bonchev–Trinajstić information content (AvgIpc) is 2.74. The molecule has 0 spiro atoms. The molecule has 1 aliphatic rings. The largest absolute Gasteiger partial charge is 0.325 e. The van der Waals surface area contributed by atoms with E-state index in [2.05, 4.69) is 10.3 Å². The molecular weight excluding hydrogens is 382 g/mol. The SMILES string of the molecule is Cc1cccn2c(=O)cc(CSc3ccccc3NC(=O)C3CCCCC3)nc12. The van der Waals surface area contributed by atoms with Crippen LogP contribution in [0.25, 0.3) is 5.65 Å². The van der Waals surface area contributed by atoms with E-state index in [1.807, 2.05) is 43.3 Å². The van der Waals surface area contributed by atoms with E-state index in [1.165, 1.54) is 6.42 Å². The smallest absolute Gasteiger partial charge is 0.258 e. The van der Waals surface area contributed by atoms with Crippen molar-refractivity contribution in [2.45, 2.75) is 49.7 Å². The van der Waals surface area contributed by atoms with Crippen LogP contribution in [0, 0.1) is 12.8 Å². The lowest BCUT2D eigenvalue weighted by Crippen LogP contribution is -2.24. The number of nitrogens with one attached hydrogen (secondary N) is 1. The Morgan fingerprint density at radius 3 is 2.79 bits per heavy atom. The number of carbonyl (C=O) groups excluding carboxylic acids is 1. The molecular formula is C23H25N3O2S. The maximum Gasteiger partial charge on any atom is 0.258 e. The van der Waals surface area contributed by atoms with Crippen LogP contribution >= 0.6 is 11.8 Å². The molecule has 5 nitrogen and oxygen atoms in total. The lowest BCUT2D eigenvalue weighted by atomic mass is 9.88. The van der Waals surface area contributed by atoms with Gasteiger partial charge < -0.3 is 5.32 Å². The molecule has 1 aliphatic carbocycles. The second kappa shape index (κ2) is 8.82. The highest BCUT2D eigenvalue weighted by Crippen LogP contribution is 2.31. The number of pyridine rings is 1. The zero-order chi connectivity index (χ0) is 20.2. The van der Waals surface area contributed by atoms with Gasteiger partial charge in [-0.1, -0.05) is 37.5 Å². The van der Waals surface area contributed by atoms with E-state index < -0.39 is 0 Å². The predicted octanol–water partition coefficient (Wildman–Crippen LogP) is 4.81. The molecule has 6 heteroatoms. The summed E-state index contributed by atoms with van der Waals surface area (Å²) in [7, 11) is 0. The Balaban J connectivity index is 1.50. The van der Waals surface area contributed by atoms with E-state index in [1.54, 1.807) is 28.4 Å². The van der Waals surface area contributed by atoms with Crippen molar-refractivity contribution in [1.82, 2.24) is 9.38 Å². The molecule has 1 saturated carbocycles. The first-order chi connectivity index (χ1) is 14.1. The Bertz CT molecular complexity index is 1090.